The van der Waals surface area contributed by atoms with E-state index in [1.54, 1.807) is 19.1 Å². The summed E-state index contributed by atoms with van der Waals surface area (Å²) < 4.78 is 25.8. The van der Waals surface area contributed by atoms with E-state index in [4.69, 9.17) is 5.11 Å². The molecule has 0 saturated heterocycles. The van der Waals surface area contributed by atoms with Crippen molar-refractivity contribution in [2.75, 3.05) is 19.7 Å². The van der Waals surface area contributed by atoms with Crippen LogP contribution in [0.4, 0.5) is 0 Å². The van der Waals surface area contributed by atoms with Crippen LogP contribution in [0.25, 0.3) is 0 Å². The van der Waals surface area contributed by atoms with Crippen molar-refractivity contribution in [2.45, 2.75) is 31.6 Å². The lowest BCUT2D eigenvalue weighted by Crippen LogP contribution is -2.33. The predicted octanol–water partition coefficient (Wildman–Crippen LogP) is 1.64. The van der Waals surface area contributed by atoms with Gasteiger partial charge in [-0.1, -0.05) is 32.4 Å². The van der Waals surface area contributed by atoms with E-state index in [9.17, 15) is 8.42 Å². The number of sulfonamides is 1. The Morgan fingerprint density at radius 2 is 1.78 bits per heavy atom. The third-order valence-electron chi connectivity index (χ3n) is 2.80. The molecule has 0 amide bonds. The zero-order chi connectivity index (χ0) is 13.6. The number of hydrogen-bond donors (Lipinski definition) is 1. The highest BCUT2D eigenvalue weighted by molar-refractivity contribution is 7.89. The molecule has 0 saturated carbocycles. The summed E-state index contributed by atoms with van der Waals surface area (Å²) in [5.41, 5.74) is 1.14. The molecule has 1 aromatic carbocycles. The first kappa shape index (κ1) is 15.1. The Balaban J connectivity index is 2.97. The van der Waals surface area contributed by atoms with Gasteiger partial charge in [0.2, 0.25) is 10.0 Å². The van der Waals surface area contributed by atoms with Crippen molar-refractivity contribution in [1.29, 1.82) is 0 Å². The summed E-state index contributed by atoms with van der Waals surface area (Å²) in [6, 6.07) is 6.98. The summed E-state index contributed by atoms with van der Waals surface area (Å²) in [4.78, 5) is 0.289. The molecule has 0 bridgehead atoms. The number of likely N-dealkylation sites (N-methyl/N-ethyl adjacent to an activating group) is 1. The Bertz CT molecular complexity index is 454. The van der Waals surface area contributed by atoms with Crippen LogP contribution in [0.15, 0.2) is 29.2 Å². The number of hydrogen-bond acceptors (Lipinski definition) is 3. The third kappa shape index (κ3) is 3.54. The van der Waals surface area contributed by atoms with E-state index >= 15 is 0 Å². The van der Waals surface area contributed by atoms with E-state index in [2.05, 4.69) is 6.92 Å². The maximum absolute atomic E-state index is 12.2. The van der Waals surface area contributed by atoms with Crippen molar-refractivity contribution in [2.24, 2.45) is 0 Å². The fourth-order valence-corrected chi connectivity index (χ4v) is 3.27. The number of nitrogens with zero attached hydrogens (tertiary/aromatic N) is 1. The van der Waals surface area contributed by atoms with Gasteiger partial charge in [0, 0.05) is 13.1 Å². The standard InChI is InChI=1S/C13H21NO3S/c1-3-5-12-6-8-13(9-7-12)18(16,17)14(4-2)10-11-15/h6-9,15H,3-5,10-11H2,1-2H3. The predicted molar refractivity (Wildman–Crippen MR) is 72.0 cm³/mol. The van der Waals surface area contributed by atoms with Crippen LogP contribution in [0.2, 0.25) is 0 Å². The molecule has 1 aromatic rings. The molecule has 0 aromatic heterocycles. The first-order valence-electron chi connectivity index (χ1n) is 6.26. The molecule has 1 N–H and O–H groups in total. The minimum absolute atomic E-state index is 0.134. The summed E-state index contributed by atoms with van der Waals surface area (Å²) in [5.74, 6) is 0. The maximum Gasteiger partial charge on any atom is 0.243 e. The monoisotopic (exact) mass is 271 g/mol. The molecule has 102 valence electrons. The molecule has 5 heteroatoms. The lowest BCUT2D eigenvalue weighted by Gasteiger charge is -2.19. The smallest absolute Gasteiger partial charge is 0.243 e. The molecule has 0 aliphatic heterocycles. The van der Waals surface area contributed by atoms with Gasteiger partial charge in [0.25, 0.3) is 0 Å². The van der Waals surface area contributed by atoms with E-state index in [1.807, 2.05) is 12.1 Å². The van der Waals surface area contributed by atoms with Crippen molar-refractivity contribution in [3.8, 4) is 0 Å². The zero-order valence-corrected chi connectivity index (χ0v) is 11.8. The summed E-state index contributed by atoms with van der Waals surface area (Å²) in [5, 5.41) is 8.89. The van der Waals surface area contributed by atoms with Gasteiger partial charge >= 0.3 is 0 Å². The average molecular weight is 271 g/mol. The normalized spacial score (nSPS) is 12.0. The average Bonchev–Trinajstić information content (AvgIpc) is 2.36. The molecule has 1 rings (SSSR count). The van der Waals surface area contributed by atoms with Crippen LogP contribution in [0, 0.1) is 0 Å². The zero-order valence-electron chi connectivity index (χ0n) is 11.0. The molecule has 0 spiro atoms. The minimum Gasteiger partial charge on any atom is -0.395 e. The molecule has 0 radical (unpaired) electrons. The molecular formula is C13H21NO3S. The second kappa shape index (κ2) is 6.87. The minimum atomic E-state index is -3.47. The molecule has 0 atom stereocenters. The second-order valence-electron chi connectivity index (χ2n) is 4.11. The van der Waals surface area contributed by atoms with E-state index in [0.29, 0.717) is 6.54 Å². The first-order valence-corrected chi connectivity index (χ1v) is 7.70. The highest BCUT2D eigenvalue weighted by Gasteiger charge is 2.22. The fourth-order valence-electron chi connectivity index (χ4n) is 1.83. The highest BCUT2D eigenvalue weighted by Crippen LogP contribution is 2.16. The SMILES string of the molecule is CCCc1ccc(S(=O)(=O)N(CC)CCO)cc1. The van der Waals surface area contributed by atoms with E-state index < -0.39 is 10.0 Å². The Hall–Kier alpha value is -0.910. The molecule has 18 heavy (non-hydrogen) atoms. The number of aliphatic hydroxyl groups is 1. The topological polar surface area (TPSA) is 57.6 Å². The van der Waals surface area contributed by atoms with Gasteiger partial charge in [-0.25, -0.2) is 8.42 Å². The molecule has 0 aliphatic rings. The van der Waals surface area contributed by atoms with Gasteiger partial charge in [0.1, 0.15) is 0 Å². The van der Waals surface area contributed by atoms with Crippen LogP contribution in [0.3, 0.4) is 0 Å². The lowest BCUT2D eigenvalue weighted by atomic mass is 10.1. The van der Waals surface area contributed by atoms with Crippen LogP contribution >= 0.6 is 0 Å². The van der Waals surface area contributed by atoms with Gasteiger partial charge in [-0.2, -0.15) is 4.31 Å². The Morgan fingerprint density at radius 1 is 1.17 bits per heavy atom. The third-order valence-corrected chi connectivity index (χ3v) is 4.79. The number of aryl methyl sites for hydroxylation is 1. The number of rotatable bonds is 7. The van der Waals surface area contributed by atoms with Gasteiger partial charge in [-0.15, -0.1) is 0 Å². The van der Waals surface area contributed by atoms with Gasteiger partial charge in [0.05, 0.1) is 11.5 Å². The molecule has 0 fully saturated rings. The van der Waals surface area contributed by atoms with Crippen molar-refractivity contribution < 1.29 is 13.5 Å². The molecule has 0 unspecified atom stereocenters. The largest absolute Gasteiger partial charge is 0.395 e. The second-order valence-corrected chi connectivity index (χ2v) is 6.05. The number of benzene rings is 1. The molecule has 4 nitrogen and oxygen atoms in total. The Morgan fingerprint density at radius 3 is 2.22 bits per heavy atom. The van der Waals surface area contributed by atoms with E-state index in [0.717, 1.165) is 18.4 Å². The molecule has 0 heterocycles. The van der Waals surface area contributed by atoms with Gasteiger partial charge in [-0.3, -0.25) is 0 Å². The van der Waals surface area contributed by atoms with Crippen molar-refractivity contribution in [3.63, 3.8) is 0 Å². The van der Waals surface area contributed by atoms with Gasteiger partial charge in [-0.05, 0) is 24.1 Å². The highest BCUT2D eigenvalue weighted by atomic mass is 32.2. The van der Waals surface area contributed by atoms with E-state index in [-0.39, 0.29) is 18.0 Å². The summed E-state index contributed by atoms with van der Waals surface area (Å²) in [7, 11) is -3.47. The first-order chi connectivity index (χ1) is 8.56. The number of aliphatic hydroxyl groups excluding tert-OH is 1. The summed E-state index contributed by atoms with van der Waals surface area (Å²) >= 11 is 0. The summed E-state index contributed by atoms with van der Waals surface area (Å²) in [6.45, 7) is 4.18. The maximum atomic E-state index is 12.2. The van der Waals surface area contributed by atoms with Crippen LogP contribution in [0.1, 0.15) is 25.8 Å². The van der Waals surface area contributed by atoms with Gasteiger partial charge < -0.3 is 5.11 Å². The van der Waals surface area contributed by atoms with E-state index in [1.165, 1.54) is 4.31 Å². The van der Waals surface area contributed by atoms with Crippen LogP contribution in [-0.4, -0.2) is 37.5 Å². The van der Waals surface area contributed by atoms with Crippen molar-refractivity contribution in [3.05, 3.63) is 29.8 Å². The van der Waals surface area contributed by atoms with Crippen LogP contribution in [-0.2, 0) is 16.4 Å². The molecule has 0 aliphatic carbocycles. The van der Waals surface area contributed by atoms with Crippen LogP contribution in [0.5, 0.6) is 0 Å². The molecular weight excluding hydrogens is 250 g/mol. The van der Waals surface area contributed by atoms with Gasteiger partial charge in [0.15, 0.2) is 0 Å². The van der Waals surface area contributed by atoms with Crippen LogP contribution < -0.4 is 0 Å². The van der Waals surface area contributed by atoms with Crippen molar-refractivity contribution >= 4 is 10.0 Å². The lowest BCUT2D eigenvalue weighted by molar-refractivity contribution is 0.257. The quantitative estimate of drug-likeness (QED) is 0.820. The Kier molecular flexibility index (Phi) is 5.78. The fraction of sp³-hybridized carbons (Fsp3) is 0.538. The van der Waals surface area contributed by atoms with Crippen molar-refractivity contribution in [1.82, 2.24) is 4.31 Å². The summed E-state index contributed by atoms with van der Waals surface area (Å²) in [6.07, 6.45) is 1.99. The Labute approximate surface area is 109 Å².